The van der Waals surface area contributed by atoms with Crippen LogP contribution < -0.4 is 4.74 Å². The van der Waals surface area contributed by atoms with Crippen LogP contribution in [0.2, 0.25) is 5.02 Å². The molecule has 0 spiro atoms. The lowest BCUT2D eigenvalue weighted by Crippen LogP contribution is -2.30. The van der Waals surface area contributed by atoms with Crippen LogP contribution in [0.15, 0.2) is 53.1 Å². The molecule has 1 aromatic heterocycles. The quantitative estimate of drug-likeness (QED) is 0.668. The lowest BCUT2D eigenvalue weighted by molar-refractivity contribution is 0.0710. The van der Waals surface area contributed by atoms with Gasteiger partial charge in [0.25, 0.3) is 5.91 Å². The van der Waals surface area contributed by atoms with Gasteiger partial charge in [0, 0.05) is 12.1 Å². The fraction of sp³-hybridized carbons (Fsp3) is 0.250. The zero-order valence-corrected chi connectivity index (χ0v) is 15.5. The molecule has 2 aromatic carbocycles. The summed E-state index contributed by atoms with van der Waals surface area (Å²) in [6.45, 7) is 0.634. The number of halogens is 1. The first-order valence-corrected chi connectivity index (χ1v) is 9.08. The second-order valence-electron chi connectivity index (χ2n) is 6.32. The molecule has 1 unspecified atom stereocenters. The van der Waals surface area contributed by atoms with Gasteiger partial charge in [0.05, 0.1) is 17.7 Å². The number of nitrogens with zero attached hydrogens (tertiary/aromatic N) is 3. The van der Waals surface area contributed by atoms with E-state index in [1.54, 1.807) is 36.3 Å². The average molecular weight is 384 g/mol. The average Bonchev–Trinajstić information content (AvgIpc) is 3.37. The summed E-state index contributed by atoms with van der Waals surface area (Å²) in [5.41, 5.74) is 1.31. The molecule has 138 valence electrons. The molecule has 1 amide bonds. The van der Waals surface area contributed by atoms with E-state index in [1.807, 2.05) is 24.3 Å². The molecule has 1 aliphatic heterocycles. The van der Waals surface area contributed by atoms with Crippen molar-refractivity contribution in [2.24, 2.45) is 0 Å². The Labute approximate surface area is 161 Å². The van der Waals surface area contributed by atoms with E-state index in [0.717, 1.165) is 24.2 Å². The van der Waals surface area contributed by atoms with E-state index in [1.165, 1.54) is 0 Å². The molecule has 1 atom stereocenters. The van der Waals surface area contributed by atoms with Gasteiger partial charge in [-0.15, -0.1) is 0 Å². The molecule has 0 bridgehead atoms. The monoisotopic (exact) mass is 383 g/mol. The first kappa shape index (κ1) is 17.5. The van der Waals surface area contributed by atoms with Crippen LogP contribution in [-0.2, 0) is 0 Å². The maximum atomic E-state index is 12.9. The van der Waals surface area contributed by atoms with Crippen LogP contribution in [-0.4, -0.2) is 34.6 Å². The van der Waals surface area contributed by atoms with Crippen molar-refractivity contribution in [2.45, 2.75) is 18.9 Å². The minimum atomic E-state index is -0.242. The van der Waals surface area contributed by atoms with Crippen molar-refractivity contribution < 1.29 is 14.1 Å². The van der Waals surface area contributed by atoms with Gasteiger partial charge in [0.15, 0.2) is 0 Å². The number of rotatable bonds is 4. The van der Waals surface area contributed by atoms with E-state index in [9.17, 15) is 4.79 Å². The highest BCUT2D eigenvalue weighted by Crippen LogP contribution is 2.34. The Morgan fingerprint density at radius 2 is 2.00 bits per heavy atom. The number of ether oxygens (including phenoxy) is 1. The molecule has 1 saturated heterocycles. The third-order valence-electron chi connectivity index (χ3n) is 4.69. The van der Waals surface area contributed by atoms with Gasteiger partial charge in [-0.05, 0) is 49.2 Å². The maximum absolute atomic E-state index is 12.9. The minimum absolute atomic E-state index is 0.118. The van der Waals surface area contributed by atoms with Crippen molar-refractivity contribution in [1.29, 1.82) is 0 Å². The summed E-state index contributed by atoms with van der Waals surface area (Å²) in [6.07, 6.45) is 1.65. The smallest absolute Gasteiger partial charge is 0.256 e. The summed E-state index contributed by atoms with van der Waals surface area (Å²) in [6, 6.07) is 14.2. The van der Waals surface area contributed by atoms with Crippen LogP contribution in [0.3, 0.4) is 0 Å². The topological polar surface area (TPSA) is 68.5 Å². The van der Waals surface area contributed by atoms with Crippen molar-refractivity contribution in [3.8, 4) is 17.1 Å². The first-order valence-electron chi connectivity index (χ1n) is 8.71. The molecule has 1 aliphatic rings. The second kappa shape index (κ2) is 7.40. The highest BCUT2D eigenvalue weighted by molar-refractivity contribution is 6.33. The Balaban J connectivity index is 1.58. The maximum Gasteiger partial charge on any atom is 0.256 e. The van der Waals surface area contributed by atoms with Crippen molar-refractivity contribution in [3.05, 3.63) is 65.0 Å². The Morgan fingerprint density at radius 3 is 2.74 bits per heavy atom. The number of benzene rings is 2. The molecule has 0 aliphatic carbocycles. The molecule has 1 fully saturated rings. The fourth-order valence-electron chi connectivity index (χ4n) is 3.28. The Morgan fingerprint density at radius 1 is 1.22 bits per heavy atom. The number of likely N-dealkylation sites (tertiary alicyclic amines) is 1. The summed E-state index contributed by atoms with van der Waals surface area (Å²) in [5, 5.41) is 4.52. The second-order valence-corrected chi connectivity index (χ2v) is 6.73. The molecule has 0 radical (unpaired) electrons. The van der Waals surface area contributed by atoms with E-state index in [0.29, 0.717) is 28.8 Å². The van der Waals surface area contributed by atoms with Gasteiger partial charge in [0.2, 0.25) is 11.7 Å². The number of hydrogen-bond donors (Lipinski definition) is 0. The predicted octanol–water partition coefficient (Wildman–Crippen LogP) is 4.38. The normalized spacial score (nSPS) is 16.5. The van der Waals surface area contributed by atoms with E-state index in [4.69, 9.17) is 20.9 Å². The van der Waals surface area contributed by atoms with Crippen LogP contribution in [0.25, 0.3) is 11.4 Å². The Bertz CT molecular complexity index is 955. The summed E-state index contributed by atoms with van der Waals surface area (Å²) >= 11 is 6.19. The van der Waals surface area contributed by atoms with E-state index >= 15 is 0 Å². The van der Waals surface area contributed by atoms with Gasteiger partial charge in [0.1, 0.15) is 11.8 Å². The third-order valence-corrected chi connectivity index (χ3v) is 5.02. The van der Waals surface area contributed by atoms with E-state index in [2.05, 4.69) is 10.1 Å². The number of aromatic nitrogens is 2. The highest BCUT2D eigenvalue weighted by atomic mass is 35.5. The molecule has 0 saturated carbocycles. The van der Waals surface area contributed by atoms with Gasteiger partial charge in [-0.2, -0.15) is 4.98 Å². The van der Waals surface area contributed by atoms with Crippen molar-refractivity contribution in [1.82, 2.24) is 15.0 Å². The number of carbonyl (C=O) groups is 1. The molecule has 27 heavy (non-hydrogen) atoms. The van der Waals surface area contributed by atoms with Crippen molar-refractivity contribution in [2.75, 3.05) is 13.7 Å². The minimum Gasteiger partial charge on any atom is -0.497 e. The Kier molecular flexibility index (Phi) is 4.81. The van der Waals surface area contributed by atoms with Crippen LogP contribution >= 0.6 is 11.6 Å². The number of carbonyl (C=O) groups excluding carboxylic acids is 1. The summed E-state index contributed by atoms with van der Waals surface area (Å²) < 4.78 is 10.7. The van der Waals surface area contributed by atoms with Gasteiger partial charge < -0.3 is 14.2 Å². The fourth-order valence-corrected chi connectivity index (χ4v) is 3.50. The molecular formula is C20H18ClN3O3. The van der Waals surface area contributed by atoms with Gasteiger partial charge >= 0.3 is 0 Å². The SMILES string of the molecule is COc1ccc(-c2noc(C3CCCN3C(=O)c3ccccc3Cl)n2)cc1. The number of hydrogen-bond acceptors (Lipinski definition) is 5. The third kappa shape index (κ3) is 3.40. The molecule has 0 N–H and O–H groups in total. The molecular weight excluding hydrogens is 366 g/mol. The summed E-state index contributed by atoms with van der Waals surface area (Å²) in [4.78, 5) is 19.2. The lowest BCUT2D eigenvalue weighted by Gasteiger charge is -2.22. The van der Waals surface area contributed by atoms with Crippen LogP contribution in [0.4, 0.5) is 0 Å². The highest BCUT2D eigenvalue weighted by Gasteiger charge is 2.35. The zero-order chi connectivity index (χ0) is 18.8. The standard InChI is InChI=1S/C20H18ClN3O3/c1-26-14-10-8-13(9-11-14)18-22-19(27-23-18)17-7-4-12-24(17)20(25)15-5-2-3-6-16(15)21/h2-3,5-6,8-11,17H,4,7,12H2,1H3. The Hall–Kier alpha value is -2.86. The first-order chi connectivity index (χ1) is 13.2. The molecule has 3 aromatic rings. The van der Waals surface area contributed by atoms with Crippen LogP contribution in [0.5, 0.6) is 5.75 Å². The molecule has 4 rings (SSSR count). The largest absolute Gasteiger partial charge is 0.497 e. The van der Waals surface area contributed by atoms with Crippen LogP contribution in [0, 0.1) is 0 Å². The summed E-state index contributed by atoms with van der Waals surface area (Å²) in [7, 11) is 1.62. The zero-order valence-electron chi connectivity index (χ0n) is 14.8. The van der Waals surface area contributed by atoms with Gasteiger partial charge in [-0.1, -0.05) is 28.9 Å². The van der Waals surface area contributed by atoms with Gasteiger partial charge in [-0.25, -0.2) is 0 Å². The van der Waals surface area contributed by atoms with Crippen LogP contribution in [0.1, 0.15) is 35.1 Å². The molecule has 2 heterocycles. The van der Waals surface area contributed by atoms with E-state index in [-0.39, 0.29) is 11.9 Å². The van der Waals surface area contributed by atoms with Gasteiger partial charge in [-0.3, -0.25) is 4.79 Å². The van der Waals surface area contributed by atoms with Crippen molar-refractivity contribution >= 4 is 17.5 Å². The number of amides is 1. The van der Waals surface area contributed by atoms with E-state index < -0.39 is 0 Å². The molecule has 6 nitrogen and oxygen atoms in total. The number of methoxy groups -OCH3 is 1. The summed E-state index contributed by atoms with van der Waals surface area (Å²) in [5.74, 6) is 1.57. The lowest BCUT2D eigenvalue weighted by atomic mass is 10.1. The predicted molar refractivity (Wildman–Crippen MR) is 101 cm³/mol. The van der Waals surface area contributed by atoms with Crippen molar-refractivity contribution in [3.63, 3.8) is 0 Å². The molecule has 7 heteroatoms.